The fraction of sp³-hybridized carbons (Fsp3) is 0.180. The molecule has 0 spiro atoms. The summed E-state index contributed by atoms with van der Waals surface area (Å²) in [5.74, 6) is -5.23. The first-order valence-electron chi connectivity index (χ1n) is 41.2. The number of aliphatic hydroxyl groups excluding tert-OH is 6. The van der Waals surface area contributed by atoms with Gasteiger partial charge in [-0.1, -0.05) is 115 Å². The molecular formula is C100H94F10N18O12Pt6-6. The van der Waals surface area contributed by atoms with E-state index in [9.17, 15) is 72.7 Å². The van der Waals surface area contributed by atoms with E-state index in [2.05, 4.69) is 89.7 Å². The molecular weight excluding hydrogens is 3010 g/mol. The molecule has 46 heteroatoms. The molecule has 0 unspecified atom stereocenters. The Balaban J connectivity index is 0. The monoisotopic (exact) mass is 3100 g/mol. The molecule has 0 aliphatic heterocycles. The van der Waals surface area contributed by atoms with Crippen LogP contribution in [0, 0.1) is 44.0 Å². The Morgan fingerprint density at radius 2 is 0.582 bits per heavy atom. The first-order chi connectivity index (χ1) is 65.9. The van der Waals surface area contributed by atoms with Crippen molar-refractivity contribution in [3.05, 3.63) is 335 Å². The van der Waals surface area contributed by atoms with Gasteiger partial charge in [0.1, 0.15) is 0 Å². The zero-order chi connectivity index (χ0) is 104. The molecule has 792 valence electrons. The molecule has 6 N–H and O–H groups in total. The van der Waals surface area contributed by atoms with E-state index in [4.69, 9.17) is 30.6 Å². The summed E-state index contributed by atoms with van der Waals surface area (Å²) in [5, 5.41) is 50.5. The Bertz CT molecular complexity index is 6540. The second-order valence-electron chi connectivity index (χ2n) is 29.1. The maximum absolute atomic E-state index is 13.5. The molecule has 0 radical (unpaired) electrons. The van der Waals surface area contributed by atoms with Crippen LogP contribution in [0.4, 0.5) is 43.9 Å². The van der Waals surface area contributed by atoms with Crippen LogP contribution in [0.2, 0.25) is 0 Å². The number of Topliss-reactive ketones (excluding diaryl/α,β-unsaturated/α-hetero) is 1. The van der Waals surface area contributed by atoms with E-state index in [1.165, 1.54) is 156 Å². The van der Waals surface area contributed by atoms with Crippen LogP contribution >= 0.6 is 0 Å². The Morgan fingerprint density at radius 3 is 0.815 bits per heavy atom. The second-order valence-corrected chi connectivity index (χ2v) is 29.1. The smallest absolute Gasteiger partial charge is 0.412 e. The molecule has 0 saturated heterocycles. The number of carbonyl (C=O) groups excluding carboxylic acids is 6. The number of aliphatic hydroxyl groups is 6. The molecule has 0 fully saturated rings. The number of halogens is 10. The summed E-state index contributed by atoms with van der Waals surface area (Å²) in [6.45, 7) is 24.7. The van der Waals surface area contributed by atoms with Gasteiger partial charge in [-0.25, -0.2) is 17.6 Å². The molecule has 0 saturated carbocycles. The van der Waals surface area contributed by atoms with Gasteiger partial charge in [-0.3, -0.25) is 58.7 Å². The fourth-order valence-corrected chi connectivity index (χ4v) is 10.6. The first-order valence-corrected chi connectivity index (χ1v) is 41.2. The zero-order valence-corrected chi connectivity index (χ0v) is 93.6. The minimum absolute atomic E-state index is 0. The summed E-state index contributed by atoms with van der Waals surface area (Å²) in [6, 6.07) is 53.5. The van der Waals surface area contributed by atoms with Crippen molar-refractivity contribution >= 4 is 78.8 Å². The quantitative estimate of drug-likeness (QED) is 0.0217. The van der Waals surface area contributed by atoms with Gasteiger partial charge in [0.25, 0.3) is 0 Å². The standard InChI is InChI=1S/C13H10N3.C12H4F4N3.2C12H8N3.C10H4F6N3.C10H10N3.C6H10O2.5C5H8O2.6Pt/c1-9-6-7-14-12(8-9)13-15-10-4-2-3-5-11(10)16-13;13-6-7(14)9(16)11-10(8(6)15)18-12(19-11)5-3-1-2-4-17-5;2*1-2-6-10-9(5-1)14-12(15-10)11-7-3-4-8-13-11;11-9(12,13)6-7(10(14,15)16)19-8(18-6)5-3-1-2-4-17-5;1-7-8(2)13-10(12-7)9-5-3-4-6-11-9;1-4(5(2)7)6(3)8;5*1-4(6)3-5(2)7;;;;;;/h2-8H,1H3;1-4H;2*1-8H;1-4H;3-6H,1-2H3;7H,1-3H3;5*3,6H,1-2H3;;;;;;/q6*-1;;;;;;;;;;;;. The Morgan fingerprint density at radius 1 is 0.301 bits per heavy atom. The number of alkyl halides is 6. The van der Waals surface area contributed by atoms with E-state index >= 15 is 0 Å². The number of pyridine rings is 6. The third-order valence-corrected chi connectivity index (χ3v) is 16.7. The van der Waals surface area contributed by atoms with Crippen LogP contribution in [-0.2, 0) is 168 Å². The van der Waals surface area contributed by atoms with Gasteiger partial charge in [-0.05, 0) is 257 Å². The summed E-state index contributed by atoms with van der Waals surface area (Å²) in [7, 11) is 0. The van der Waals surface area contributed by atoms with Gasteiger partial charge in [0, 0.05) is 222 Å². The molecule has 4 aromatic carbocycles. The van der Waals surface area contributed by atoms with Crippen molar-refractivity contribution in [2.45, 2.75) is 123 Å². The van der Waals surface area contributed by atoms with Crippen molar-refractivity contribution < 1.29 is 230 Å². The SMILES string of the molecule is CC(=O)C(C)=C(C)O.CC(=O)C=C(C)O.CC(=O)C=C(C)O.CC(=O)C=C(C)O.CC(=O)C=C(C)O.CC(=O)C=C(C)O.Cc1ccnc(-c2nc3ccccc3[n-]2)c1.Cc1nc(-c2ccccn2)[n-]c1C.FC(F)(F)c1nc(-c2ccccn2)[n-]c1C(F)(F)F.Fc1c(F)c(F)c2[n-]c(-c3ccccn3)nc2c1F.[Pt].[Pt].[Pt].[Pt].[Pt].[Pt].c1ccc(-c2nc3ccccc3[n-]2)nc1.c1ccc(-c2nc3ccccc3[n-]2)nc1. The molecule has 0 aliphatic carbocycles. The maximum atomic E-state index is 13.5. The van der Waals surface area contributed by atoms with Crippen LogP contribution in [0.15, 0.2) is 284 Å². The number of fused-ring (bicyclic) bond motifs is 4. The number of ketones is 6. The number of carbonyl (C=O) groups is 6. The molecule has 0 bridgehead atoms. The zero-order valence-electron chi connectivity index (χ0n) is 80.0. The summed E-state index contributed by atoms with van der Waals surface area (Å²) in [4.78, 5) is 133. The van der Waals surface area contributed by atoms with E-state index in [0.29, 0.717) is 23.0 Å². The van der Waals surface area contributed by atoms with E-state index in [0.717, 1.165) is 73.1 Å². The van der Waals surface area contributed by atoms with Crippen molar-refractivity contribution in [2.24, 2.45) is 0 Å². The van der Waals surface area contributed by atoms with Gasteiger partial charge in [-0.15, -0.1) is 0 Å². The molecule has 30 nitrogen and oxygen atoms in total. The van der Waals surface area contributed by atoms with Crippen LogP contribution in [0.3, 0.4) is 0 Å². The van der Waals surface area contributed by atoms with Crippen molar-refractivity contribution in [1.82, 2.24) is 89.7 Å². The van der Waals surface area contributed by atoms with Crippen LogP contribution in [0.5, 0.6) is 0 Å². The molecule has 16 rings (SSSR count). The summed E-state index contributed by atoms with van der Waals surface area (Å²) >= 11 is 0. The predicted octanol–water partition coefficient (Wildman–Crippen LogP) is 21.3. The number of aromatic nitrogens is 18. The molecule has 12 heterocycles. The normalized spacial score (nSPS) is 10.8. The summed E-state index contributed by atoms with van der Waals surface area (Å²) < 4.78 is 128. The predicted molar refractivity (Wildman–Crippen MR) is 506 cm³/mol. The van der Waals surface area contributed by atoms with Crippen LogP contribution in [0.1, 0.15) is 118 Å². The van der Waals surface area contributed by atoms with Gasteiger partial charge in [0.2, 0.25) is 0 Å². The van der Waals surface area contributed by atoms with Crippen molar-refractivity contribution in [3.63, 3.8) is 0 Å². The number of allylic oxidation sites excluding steroid dienone is 12. The van der Waals surface area contributed by atoms with Crippen LogP contribution in [-0.4, -0.2) is 125 Å². The first kappa shape index (κ1) is 135. The molecule has 12 aromatic heterocycles. The minimum Gasteiger partial charge on any atom is -0.512 e. The topological polar surface area (TPSA) is 463 Å². The van der Waals surface area contributed by atoms with Crippen molar-refractivity contribution in [1.29, 1.82) is 0 Å². The Hall–Kier alpha value is -13.2. The summed E-state index contributed by atoms with van der Waals surface area (Å²) in [5.41, 5.74) is 6.99. The molecule has 0 amide bonds. The minimum atomic E-state index is -5.23. The van der Waals surface area contributed by atoms with Crippen LogP contribution in [0.25, 0.3) is 113 Å². The Labute approximate surface area is 917 Å². The number of para-hydroxylation sites is 6. The molecule has 0 aliphatic rings. The molecule has 0 atom stereocenters. The van der Waals surface area contributed by atoms with E-state index in [1.54, 1.807) is 43.8 Å². The number of aryl methyl sites for hydroxylation is 3. The number of imidazole rings is 6. The number of hydrogen-bond donors (Lipinski definition) is 6. The van der Waals surface area contributed by atoms with Crippen molar-refractivity contribution in [3.8, 4) is 69.1 Å². The van der Waals surface area contributed by atoms with Crippen molar-refractivity contribution in [2.75, 3.05) is 0 Å². The van der Waals surface area contributed by atoms with Gasteiger partial charge in [0.05, 0.1) is 68.7 Å². The third-order valence-electron chi connectivity index (χ3n) is 16.7. The average molecular weight is 3100 g/mol. The molecule has 16 aromatic rings. The number of nitrogens with zero attached hydrogens (tertiary/aromatic N) is 18. The van der Waals surface area contributed by atoms with Gasteiger partial charge >= 0.3 is 12.4 Å². The second kappa shape index (κ2) is 67.5. The average Bonchev–Trinajstić information content (AvgIpc) is 1.59. The summed E-state index contributed by atoms with van der Waals surface area (Å²) in [6.07, 6.45) is 5.04. The van der Waals surface area contributed by atoms with E-state index < -0.39 is 63.9 Å². The Kier molecular flexibility index (Phi) is 62.3. The maximum Gasteiger partial charge on any atom is 0.412 e. The van der Waals surface area contributed by atoms with Gasteiger partial charge in [0.15, 0.2) is 58.0 Å². The number of hydrogen-bond acceptors (Lipinski definition) is 24. The van der Waals surface area contributed by atoms with E-state index in [1.807, 2.05) is 160 Å². The van der Waals surface area contributed by atoms with Gasteiger partial charge in [-0.2, -0.15) is 26.3 Å². The third kappa shape index (κ3) is 48.2. The number of benzene rings is 4. The van der Waals surface area contributed by atoms with Gasteiger partial charge < -0.3 is 90.4 Å². The van der Waals surface area contributed by atoms with E-state index in [-0.39, 0.29) is 213 Å². The number of rotatable bonds is 12. The molecule has 146 heavy (non-hydrogen) atoms. The van der Waals surface area contributed by atoms with Crippen LogP contribution < -0.4 is 29.9 Å². The largest absolute Gasteiger partial charge is 0.512 e. The fourth-order valence-electron chi connectivity index (χ4n) is 10.6.